The van der Waals surface area contributed by atoms with Crippen LogP contribution in [0, 0.1) is 0 Å². The van der Waals surface area contributed by atoms with E-state index in [0.29, 0.717) is 5.56 Å². The van der Waals surface area contributed by atoms with Gasteiger partial charge in [0.2, 0.25) is 0 Å². The van der Waals surface area contributed by atoms with Gasteiger partial charge in [0.15, 0.2) is 0 Å². The first kappa shape index (κ1) is 12.2. The van der Waals surface area contributed by atoms with E-state index in [1.54, 1.807) is 24.8 Å². The lowest BCUT2D eigenvalue weighted by Crippen LogP contribution is -1.88. The first-order valence-corrected chi connectivity index (χ1v) is 6.28. The molecule has 1 aromatic carbocycles. The molecule has 0 spiro atoms. The van der Waals surface area contributed by atoms with Crippen molar-refractivity contribution in [3.63, 3.8) is 0 Å². The van der Waals surface area contributed by atoms with Crippen LogP contribution in [-0.4, -0.2) is 16.3 Å². The number of benzene rings is 1. The maximum atomic E-state index is 11.1. The normalized spacial score (nSPS) is 10.2. The zero-order valence-corrected chi connectivity index (χ0v) is 10.7. The van der Waals surface area contributed by atoms with Gasteiger partial charge in [-0.15, -0.1) is 0 Å². The molecule has 0 fully saturated rings. The van der Waals surface area contributed by atoms with Crippen molar-refractivity contribution in [2.45, 2.75) is 0 Å². The molecule has 0 aliphatic carbocycles. The Morgan fingerprint density at radius 2 is 1.30 bits per heavy atom. The van der Waals surface area contributed by atoms with E-state index in [9.17, 15) is 4.79 Å². The van der Waals surface area contributed by atoms with Crippen LogP contribution in [0.1, 0.15) is 10.4 Å². The van der Waals surface area contributed by atoms with E-state index < -0.39 is 0 Å². The van der Waals surface area contributed by atoms with Crippen molar-refractivity contribution >= 4 is 6.29 Å². The van der Waals surface area contributed by atoms with Crippen molar-refractivity contribution in [2.24, 2.45) is 0 Å². The molecule has 0 aliphatic heterocycles. The van der Waals surface area contributed by atoms with Gasteiger partial charge in [0.25, 0.3) is 0 Å². The summed E-state index contributed by atoms with van der Waals surface area (Å²) in [6.45, 7) is 0. The van der Waals surface area contributed by atoms with Crippen molar-refractivity contribution in [2.75, 3.05) is 0 Å². The first-order valence-electron chi connectivity index (χ1n) is 6.28. The number of carbonyl (C=O) groups is 1. The SMILES string of the molecule is O=Cc1cc(-c2cccnc2)cc(-c2cccnc2)c1. The number of hydrogen-bond acceptors (Lipinski definition) is 3. The Bertz CT molecular complexity index is 667. The van der Waals surface area contributed by atoms with E-state index >= 15 is 0 Å². The largest absolute Gasteiger partial charge is 0.298 e. The van der Waals surface area contributed by atoms with E-state index in [1.807, 2.05) is 42.5 Å². The number of carbonyl (C=O) groups excluding carboxylic acids is 1. The van der Waals surface area contributed by atoms with Crippen molar-refractivity contribution in [1.29, 1.82) is 0 Å². The van der Waals surface area contributed by atoms with Crippen molar-refractivity contribution < 1.29 is 4.79 Å². The minimum Gasteiger partial charge on any atom is -0.298 e. The molecule has 0 N–H and O–H groups in total. The van der Waals surface area contributed by atoms with Crippen LogP contribution >= 0.6 is 0 Å². The van der Waals surface area contributed by atoms with Crippen LogP contribution in [0.2, 0.25) is 0 Å². The third-order valence-corrected chi connectivity index (χ3v) is 3.08. The number of pyridine rings is 2. The van der Waals surface area contributed by atoms with Crippen molar-refractivity contribution in [3.8, 4) is 22.3 Å². The van der Waals surface area contributed by atoms with Gasteiger partial charge in [-0.3, -0.25) is 14.8 Å². The Balaban J connectivity index is 2.15. The standard InChI is InChI=1S/C17H12N2O/c20-12-13-7-16(14-3-1-5-18-10-14)9-17(8-13)15-4-2-6-19-11-15/h1-12H. The van der Waals surface area contributed by atoms with Crippen LogP contribution in [0.25, 0.3) is 22.3 Å². The summed E-state index contributed by atoms with van der Waals surface area (Å²) in [6.07, 6.45) is 7.90. The molecule has 2 heterocycles. The van der Waals surface area contributed by atoms with Crippen LogP contribution in [-0.2, 0) is 0 Å². The van der Waals surface area contributed by atoms with Crippen molar-refractivity contribution in [1.82, 2.24) is 9.97 Å². The third-order valence-electron chi connectivity index (χ3n) is 3.08. The highest BCUT2D eigenvalue weighted by atomic mass is 16.1. The molecule has 3 rings (SSSR count). The van der Waals surface area contributed by atoms with Gasteiger partial charge in [0.1, 0.15) is 6.29 Å². The second-order valence-corrected chi connectivity index (χ2v) is 4.44. The number of aldehydes is 1. The molecule has 2 aromatic heterocycles. The predicted octanol–water partition coefficient (Wildman–Crippen LogP) is 3.62. The van der Waals surface area contributed by atoms with Crippen molar-refractivity contribution in [3.05, 3.63) is 72.8 Å². The minimum absolute atomic E-state index is 0.644. The molecule has 20 heavy (non-hydrogen) atoms. The van der Waals surface area contributed by atoms with Gasteiger partial charge in [-0.05, 0) is 41.5 Å². The second-order valence-electron chi connectivity index (χ2n) is 4.44. The topological polar surface area (TPSA) is 42.9 Å². The molecule has 96 valence electrons. The molecule has 0 aliphatic rings. The van der Waals surface area contributed by atoms with Gasteiger partial charge in [-0.2, -0.15) is 0 Å². The maximum Gasteiger partial charge on any atom is 0.150 e. The lowest BCUT2D eigenvalue weighted by atomic mass is 9.98. The fourth-order valence-corrected chi connectivity index (χ4v) is 2.12. The lowest BCUT2D eigenvalue weighted by molar-refractivity contribution is 0.112. The number of hydrogen-bond donors (Lipinski definition) is 0. The van der Waals surface area contributed by atoms with Gasteiger partial charge in [-0.25, -0.2) is 0 Å². The summed E-state index contributed by atoms with van der Waals surface area (Å²) in [5.74, 6) is 0. The summed E-state index contributed by atoms with van der Waals surface area (Å²) in [5, 5.41) is 0. The highest BCUT2D eigenvalue weighted by Crippen LogP contribution is 2.27. The predicted molar refractivity (Wildman–Crippen MR) is 78.3 cm³/mol. The monoisotopic (exact) mass is 260 g/mol. The average molecular weight is 260 g/mol. The van der Waals surface area contributed by atoms with Gasteiger partial charge >= 0.3 is 0 Å². The molecule has 0 amide bonds. The second kappa shape index (κ2) is 5.45. The van der Waals surface area contributed by atoms with E-state index in [0.717, 1.165) is 28.5 Å². The quantitative estimate of drug-likeness (QED) is 0.675. The van der Waals surface area contributed by atoms with Crippen LogP contribution < -0.4 is 0 Å². The molecule has 0 saturated heterocycles. The van der Waals surface area contributed by atoms with Gasteiger partial charge < -0.3 is 0 Å². The molecule has 0 unspecified atom stereocenters. The molecule has 0 bridgehead atoms. The van der Waals surface area contributed by atoms with E-state index in [4.69, 9.17) is 0 Å². The molecular weight excluding hydrogens is 248 g/mol. The highest BCUT2D eigenvalue weighted by Gasteiger charge is 2.05. The fraction of sp³-hybridized carbons (Fsp3) is 0. The summed E-state index contributed by atoms with van der Waals surface area (Å²) in [6, 6.07) is 13.5. The van der Waals surface area contributed by atoms with E-state index in [-0.39, 0.29) is 0 Å². The molecule has 3 aromatic rings. The minimum atomic E-state index is 0.644. The number of aromatic nitrogens is 2. The lowest BCUT2D eigenvalue weighted by Gasteiger charge is -2.07. The third kappa shape index (κ3) is 2.47. The van der Waals surface area contributed by atoms with E-state index in [2.05, 4.69) is 9.97 Å². The molecular formula is C17H12N2O. The zero-order chi connectivity index (χ0) is 13.8. The molecule has 3 nitrogen and oxygen atoms in total. The summed E-state index contributed by atoms with van der Waals surface area (Å²) in [4.78, 5) is 19.4. The smallest absolute Gasteiger partial charge is 0.150 e. The zero-order valence-electron chi connectivity index (χ0n) is 10.7. The summed E-state index contributed by atoms with van der Waals surface area (Å²) < 4.78 is 0. The highest BCUT2D eigenvalue weighted by molar-refractivity contribution is 5.83. The molecule has 0 atom stereocenters. The molecule has 0 saturated carbocycles. The number of rotatable bonds is 3. The summed E-state index contributed by atoms with van der Waals surface area (Å²) >= 11 is 0. The molecule has 0 radical (unpaired) electrons. The van der Waals surface area contributed by atoms with E-state index in [1.165, 1.54) is 0 Å². The van der Waals surface area contributed by atoms with Crippen LogP contribution in [0.4, 0.5) is 0 Å². The Kier molecular flexibility index (Phi) is 3.33. The van der Waals surface area contributed by atoms with Gasteiger partial charge in [-0.1, -0.05) is 12.1 Å². The van der Waals surface area contributed by atoms with Gasteiger partial charge in [0.05, 0.1) is 0 Å². The molecule has 3 heteroatoms. The fourth-order valence-electron chi connectivity index (χ4n) is 2.12. The van der Waals surface area contributed by atoms with Crippen LogP contribution in [0.3, 0.4) is 0 Å². The Hall–Kier alpha value is -2.81. The average Bonchev–Trinajstić information content (AvgIpc) is 2.56. The summed E-state index contributed by atoms with van der Waals surface area (Å²) in [5.41, 5.74) is 4.57. The van der Waals surface area contributed by atoms with Gasteiger partial charge in [0, 0.05) is 41.5 Å². The first-order chi connectivity index (χ1) is 9.86. The Morgan fingerprint density at radius 1 is 0.750 bits per heavy atom. The maximum absolute atomic E-state index is 11.1. The number of nitrogens with zero attached hydrogens (tertiary/aromatic N) is 2. The summed E-state index contributed by atoms with van der Waals surface area (Å²) in [7, 11) is 0. The Labute approximate surface area is 117 Å². The van der Waals surface area contributed by atoms with Crippen LogP contribution in [0.5, 0.6) is 0 Å². The Morgan fingerprint density at radius 3 is 1.70 bits per heavy atom. The van der Waals surface area contributed by atoms with Crippen LogP contribution in [0.15, 0.2) is 67.3 Å².